The number of fused-ring (bicyclic) bond motifs is 1. The SMILES string of the molecule is O=C1CC[C@H]2[C@H](CCN2C(=O)C2(F)CC2)N1. The number of likely N-dealkylation sites (tertiary alicyclic amines) is 1. The molecule has 1 saturated carbocycles. The first kappa shape index (κ1) is 10.1. The van der Waals surface area contributed by atoms with Crippen molar-refractivity contribution in [1.82, 2.24) is 10.2 Å². The minimum atomic E-state index is -1.57. The lowest BCUT2D eigenvalue weighted by Crippen LogP contribution is -2.52. The fourth-order valence-electron chi connectivity index (χ4n) is 2.77. The molecule has 3 fully saturated rings. The fraction of sp³-hybridized carbons (Fsp3) is 0.818. The predicted octanol–water partition coefficient (Wildman–Crippen LogP) is 0.368. The summed E-state index contributed by atoms with van der Waals surface area (Å²) in [5.74, 6) is -0.298. The van der Waals surface area contributed by atoms with E-state index in [1.807, 2.05) is 0 Å². The number of hydrogen-bond acceptors (Lipinski definition) is 2. The van der Waals surface area contributed by atoms with Crippen molar-refractivity contribution in [2.24, 2.45) is 0 Å². The minimum absolute atomic E-state index is 0.0263. The first-order valence-electron chi connectivity index (χ1n) is 5.89. The molecule has 2 aliphatic heterocycles. The molecule has 2 heterocycles. The number of amides is 2. The number of nitrogens with one attached hydrogen (secondary N) is 1. The molecule has 5 heteroatoms. The number of rotatable bonds is 1. The molecule has 0 aromatic rings. The Bertz CT molecular complexity index is 354. The summed E-state index contributed by atoms with van der Waals surface area (Å²) in [6.45, 7) is 0.583. The van der Waals surface area contributed by atoms with E-state index in [4.69, 9.17) is 0 Å². The maximum atomic E-state index is 13.7. The van der Waals surface area contributed by atoms with Crippen molar-refractivity contribution in [3.63, 3.8) is 0 Å². The summed E-state index contributed by atoms with van der Waals surface area (Å²) in [5.41, 5.74) is -1.57. The molecule has 4 nitrogen and oxygen atoms in total. The van der Waals surface area contributed by atoms with Gasteiger partial charge in [-0.05, 0) is 25.7 Å². The van der Waals surface area contributed by atoms with Gasteiger partial charge in [0.2, 0.25) is 5.91 Å². The van der Waals surface area contributed by atoms with Crippen LogP contribution in [0, 0.1) is 0 Å². The molecule has 1 aliphatic carbocycles. The van der Waals surface area contributed by atoms with E-state index in [2.05, 4.69) is 5.32 Å². The summed E-state index contributed by atoms with van der Waals surface area (Å²) < 4.78 is 13.7. The zero-order chi connectivity index (χ0) is 11.3. The van der Waals surface area contributed by atoms with Crippen molar-refractivity contribution < 1.29 is 14.0 Å². The zero-order valence-electron chi connectivity index (χ0n) is 9.04. The topological polar surface area (TPSA) is 49.4 Å². The standard InChI is InChI=1S/C11H15FN2O2/c12-11(4-5-11)10(16)14-6-3-7-8(14)1-2-9(15)13-7/h7-8H,1-6H2,(H,13,15)/t7-,8-/m0/s1. The summed E-state index contributed by atoms with van der Waals surface area (Å²) in [6, 6.07) is 0.0750. The maximum Gasteiger partial charge on any atom is 0.260 e. The van der Waals surface area contributed by atoms with Gasteiger partial charge in [-0.15, -0.1) is 0 Å². The van der Waals surface area contributed by atoms with Crippen LogP contribution in [0.3, 0.4) is 0 Å². The molecule has 2 atom stereocenters. The smallest absolute Gasteiger partial charge is 0.260 e. The van der Waals surface area contributed by atoms with Gasteiger partial charge in [0.1, 0.15) is 0 Å². The summed E-state index contributed by atoms with van der Waals surface area (Å²) in [5, 5.41) is 2.88. The Labute approximate surface area is 93.2 Å². The van der Waals surface area contributed by atoms with Gasteiger partial charge in [0.15, 0.2) is 5.67 Å². The molecule has 2 saturated heterocycles. The quantitative estimate of drug-likeness (QED) is 0.702. The number of carbonyl (C=O) groups excluding carboxylic acids is 2. The zero-order valence-corrected chi connectivity index (χ0v) is 9.04. The number of nitrogens with zero attached hydrogens (tertiary/aromatic N) is 1. The average Bonchev–Trinajstić information content (AvgIpc) is 2.88. The number of carbonyl (C=O) groups is 2. The summed E-state index contributed by atoms with van der Waals surface area (Å²) >= 11 is 0. The summed E-state index contributed by atoms with van der Waals surface area (Å²) in [4.78, 5) is 24.8. The van der Waals surface area contributed by atoms with Crippen molar-refractivity contribution in [3.8, 4) is 0 Å². The van der Waals surface area contributed by atoms with Crippen LogP contribution in [0.25, 0.3) is 0 Å². The fourth-order valence-corrected chi connectivity index (χ4v) is 2.77. The van der Waals surface area contributed by atoms with Gasteiger partial charge in [-0.25, -0.2) is 4.39 Å². The molecule has 0 spiro atoms. The number of halogens is 1. The first-order valence-corrected chi connectivity index (χ1v) is 5.89. The van der Waals surface area contributed by atoms with Gasteiger partial charge in [-0.2, -0.15) is 0 Å². The molecule has 0 aromatic heterocycles. The van der Waals surface area contributed by atoms with Gasteiger partial charge in [0.25, 0.3) is 5.91 Å². The third kappa shape index (κ3) is 1.41. The molecular weight excluding hydrogens is 211 g/mol. The number of hydrogen-bond donors (Lipinski definition) is 1. The van der Waals surface area contributed by atoms with Crippen LogP contribution in [0.5, 0.6) is 0 Å². The third-order valence-corrected chi connectivity index (χ3v) is 3.89. The molecule has 0 unspecified atom stereocenters. The highest BCUT2D eigenvalue weighted by atomic mass is 19.1. The van der Waals surface area contributed by atoms with E-state index in [1.165, 1.54) is 0 Å². The summed E-state index contributed by atoms with van der Waals surface area (Å²) in [7, 11) is 0. The van der Waals surface area contributed by atoms with Crippen LogP contribution in [0.1, 0.15) is 32.1 Å². The lowest BCUT2D eigenvalue weighted by atomic mass is 9.99. The number of piperidine rings is 1. The molecule has 16 heavy (non-hydrogen) atoms. The van der Waals surface area contributed by atoms with E-state index in [9.17, 15) is 14.0 Å². The highest BCUT2D eigenvalue weighted by Crippen LogP contribution is 2.43. The molecule has 3 rings (SSSR count). The molecule has 3 aliphatic rings. The molecule has 0 bridgehead atoms. The van der Waals surface area contributed by atoms with Crippen LogP contribution in [0.4, 0.5) is 4.39 Å². The van der Waals surface area contributed by atoms with Crippen LogP contribution in [0.2, 0.25) is 0 Å². The van der Waals surface area contributed by atoms with E-state index >= 15 is 0 Å². The van der Waals surface area contributed by atoms with Crippen LogP contribution in [-0.2, 0) is 9.59 Å². The predicted molar refractivity (Wildman–Crippen MR) is 54.4 cm³/mol. The molecule has 2 amide bonds. The molecule has 1 N–H and O–H groups in total. The maximum absolute atomic E-state index is 13.7. The van der Waals surface area contributed by atoms with Crippen molar-refractivity contribution in [1.29, 1.82) is 0 Å². The number of alkyl halides is 1. The highest BCUT2D eigenvalue weighted by Gasteiger charge is 2.55. The van der Waals surface area contributed by atoms with Gasteiger partial charge in [-0.3, -0.25) is 9.59 Å². The van der Waals surface area contributed by atoms with Gasteiger partial charge < -0.3 is 10.2 Å². The highest BCUT2D eigenvalue weighted by molar-refractivity contribution is 5.89. The normalized spacial score (nSPS) is 35.6. The lowest BCUT2D eigenvalue weighted by molar-refractivity contribution is -0.140. The Balaban J connectivity index is 1.74. The van der Waals surface area contributed by atoms with Crippen molar-refractivity contribution in [3.05, 3.63) is 0 Å². The Morgan fingerprint density at radius 1 is 1.44 bits per heavy atom. The third-order valence-electron chi connectivity index (χ3n) is 3.89. The van der Waals surface area contributed by atoms with Gasteiger partial charge >= 0.3 is 0 Å². The molecular formula is C11H15FN2O2. The van der Waals surface area contributed by atoms with Crippen molar-refractivity contribution in [2.75, 3.05) is 6.54 Å². The van der Waals surface area contributed by atoms with Crippen molar-refractivity contribution >= 4 is 11.8 Å². The van der Waals surface area contributed by atoms with E-state index < -0.39 is 5.67 Å². The lowest BCUT2D eigenvalue weighted by Gasteiger charge is -2.32. The van der Waals surface area contributed by atoms with Crippen LogP contribution < -0.4 is 5.32 Å². The Morgan fingerprint density at radius 3 is 2.88 bits per heavy atom. The van der Waals surface area contributed by atoms with E-state index in [0.717, 1.165) is 6.42 Å². The second-order valence-electron chi connectivity index (χ2n) is 5.03. The average molecular weight is 226 g/mol. The van der Waals surface area contributed by atoms with Crippen LogP contribution in [0.15, 0.2) is 0 Å². The second kappa shape index (κ2) is 3.18. The molecule has 0 radical (unpaired) electrons. The monoisotopic (exact) mass is 226 g/mol. The summed E-state index contributed by atoms with van der Waals surface area (Å²) in [6.07, 6.45) is 2.62. The first-order chi connectivity index (χ1) is 7.60. The van der Waals surface area contributed by atoms with Gasteiger partial charge in [0.05, 0.1) is 12.1 Å². The van der Waals surface area contributed by atoms with E-state index in [0.29, 0.717) is 32.2 Å². The minimum Gasteiger partial charge on any atom is -0.351 e. The van der Waals surface area contributed by atoms with Gasteiger partial charge in [-0.1, -0.05) is 0 Å². The Hall–Kier alpha value is -1.13. The van der Waals surface area contributed by atoms with Crippen LogP contribution >= 0.6 is 0 Å². The largest absolute Gasteiger partial charge is 0.351 e. The van der Waals surface area contributed by atoms with Gasteiger partial charge in [0, 0.05) is 13.0 Å². The second-order valence-corrected chi connectivity index (χ2v) is 5.03. The van der Waals surface area contributed by atoms with E-state index in [1.54, 1.807) is 4.90 Å². The molecule has 88 valence electrons. The molecule has 0 aromatic carbocycles. The Morgan fingerprint density at radius 2 is 2.19 bits per heavy atom. The van der Waals surface area contributed by atoms with Crippen LogP contribution in [-0.4, -0.2) is 41.0 Å². The van der Waals surface area contributed by atoms with E-state index in [-0.39, 0.29) is 23.9 Å². The Kier molecular flexibility index (Phi) is 2.00. The van der Waals surface area contributed by atoms with Crippen molar-refractivity contribution in [2.45, 2.75) is 49.9 Å².